The quantitative estimate of drug-likeness (QED) is 0.785. The maximum Gasteiger partial charge on any atom is 0.354 e. The molecular weight excluding hydrogens is 278 g/mol. The van der Waals surface area contributed by atoms with E-state index >= 15 is 0 Å². The Hall–Kier alpha value is -1.89. The Labute approximate surface area is 120 Å². The molecule has 0 radical (unpaired) electrons. The molecule has 0 amide bonds. The molecule has 1 N–H and O–H groups in total. The minimum atomic E-state index is -1.04. The Balaban J connectivity index is 1.93. The van der Waals surface area contributed by atoms with Gasteiger partial charge < -0.3 is 9.63 Å². The van der Waals surface area contributed by atoms with Gasteiger partial charge in [0.1, 0.15) is 5.69 Å². The van der Waals surface area contributed by atoms with E-state index in [0.29, 0.717) is 11.6 Å². The zero-order valence-corrected chi connectivity index (χ0v) is 11.9. The van der Waals surface area contributed by atoms with Crippen molar-refractivity contribution in [1.29, 1.82) is 0 Å². The highest BCUT2D eigenvalue weighted by Gasteiger charge is 2.09. The average molecular weight is 293 g/mol. The fraction of sp³-hybridized carbons (Fsp3) is 0.385. The summed E-state index contributed by atoms with van der Waals surface area (Å²) in [5, 5.41) is 12.8. The lowest BCUT2D eigenvalue weighted by atomic mass is 10.2. The van der Waals surface area contributed by atoms with Crippen LogP contribution in [0.1, 0.15) is 42.0 Å². The third kappa shape index (κ3) is 4.06. The highest BCUT2D eigenvalue weighted by atomic mass is 32.2. The molecule has 2 rings (SSSR count). The van der Waals surface area contributed by atoms with E-state index in [1.54, 1.807) is 6.07 Å². The molecule has 0 saturated heterocycles. The van der Waals surface area contributed by atoms with Crippen LogP contribution in [0, 0.1) is 0 Å². The highest BCUT2D eigenvalue weighted by Crippen LogP contribution is 2.22. The highest BCUT2D eigenvalue weighted by molar-refractivity contribution is 7.98. The monoisotopic (exact) mass is 293 g/mol. The Morgan fingerprint density at radius 3 is 3.10 bits per heavy atom. The van der Waals surface area contributed by atoms with Crippen LogP contribution in [0.3, 0.4) is 0 Å². The molecule has 0 fully saturated rings. The number of carboxylic acid groups (broad SMARTS) is 1. The summed E-state index contributed by atoms with van der Waals surface area (Å²) in [6.45, 7) is 2.11. The standard InChI is InChI=1S/C13H15N3O3S/c1-2-3-4-11-15-12(19-16-11)8-20-9-5-6-14-10(7-9)13(17)18/h5-7H,2-4,8H2,1H3,(H,17,18). The average Bonchev–Trinajstić information content (AvgIpc) is 2.91. The van der Waals surface area contributed by atoms with Crippen LogP contribution >= 0.6 is 11.8 Å². The van der Waals surface area contributed by atoms with Gasteiger partial charge in [0.15, 0.2) is 5.82 Å². The topological polar surface area (TPSA) is 89.1 Å². The van der Waals surface area contributed by atoms with Gasteiger partial charge in [-0.15, -0.1) is 11.8 Å². The molecule has 0 aliphatic heterocycles. The van der Waals surface area contributed by atoms with Crippen molar-refractivity contribution in [3.63, 3.8) is 0 Å². The summed E-state index contributed by atoms with van der Waals surface area (Å²) in [5.41, 5.74) is 0.0316. The first-order valence-corrected chi connectivity index (χ1v) is 7.31. The van der Waals surface area contributed by atoms with Crippen LogP contribution in [0.2, 0.25) is 0 Å². The number of nitrogens with zero attached hydrogens (tertiary/aromatic N) is 3. The van der Waals surface area contributed by atoms with Crippen molar-refractivity contribution in [2.45, 2.75) is 36.8 Å². The number of unbranched alkanes of at least 4 members (excludes halogenated alkanes) is 1. The van der Waals surface area contributed by atoms with Crippen LogP contribution in [-0.4, -0.2) is 26.2 Å². The van der Waals surface area contributed by atoms with Crippen molar-refractivity contribution in [3.05, 3.63) is 35.7 Å². The van der Waals surface area contributed by atoms with Crippen molar-refractivity contribution in [3.8, 4) is 0 Å². The second-order valence-corrected chi connectivity index (χ2v) is 5.23. The van der Waals surface area contributed by atoms with E-state index in [1.807, 2.05) is 0 Å². The summed E-state index contributed by atoms with van der Waals surface area (Å²) in [5.74, 6) is 0.757. The lowest BCUT2D eigenvalue weighted by Crippen LogP contribution is -1.99. The van der Waals surface area contributed by atoms with Gasteiger partial charge in [-0.3, -0.25) is 0 Å². The van der Waals surface area contributed by atoms with Gasteiger partial charge >= 0.3 is 5.97 Å². The molecule has 2 heterocycles. The Kier molecular flexibility index (Phi) is 5.11. The van der Waals surface area contributed by atoms with Gasteiger partial charge in [-0.05, 0) is 18.6 Å². The Morgan fingerprint density at radius 1 is 1.50 bits per heavy atom. The summed E-state index contributed by atoms with van der Waals surface area (Å²) in [7, 11) is 0. The molecule has 0 unspecified atom stereocenters. The van der Waals surface area contributed by atoms with E-state index in [2.05, 4.69) is 22.0 Å². The summed E-state index contributed by atoms with van der Waals surface area (Å²) < 4.78 is 5.15. The predicted molar refractivity (Wildman–Crippen MR) is 73.7 cm³/mol. The Bertz CT molecular complexity index is 586. The molecule has 0 saturated carbocycles. The number of thioether (sulfide) groups is 1. The van der Waals surface area contributed by atoms with Crippen molar-refractivity contribution in [2.24, 2.45) is 0 Å². The van der Waals surface area contributed by atoms with Gasteiger partial charge in [-0.25, -0.2) is 9.78 Å². The first kappa shape index (κ1) is 14.5. The van der Waals surface area contributed by atoms with Gasteiger partial charge in [0.2, 0.25) is 5.89 Å². The maximum atomic E-state index is 10.8. The predicted octanol–water partition coefficient (Wildman–Crippen LogP) is 2.80. The summed E-state index contributed by atoms with van der Waals surface area (Å²) >= 11 is 1.44. The molecule has 7 heteroatoms. The van der Waals surface area contributed by atoms with E-state index in [9.17, 15) is 4.79 Å². The van der Waals surface area contributed by atoms with E-state index in [4.69, 9.17) is 9.63 Å². The number of hydrogen-bond acceptors (Lipinski definition) is 6. The number of carbonyl (C=O) groups is 1. The van der Waals surface area contributed by atoms with Gasteiger partial charge in [-0.1, -0.05) is 18.5 Å². The molecule has 20 heavy (non-hydrogen) atoms. The molecular formula is C13H15N3O3S. The molecule has 0 bridgehead atoms. The van der Waals surface area contributed by atoms with Gasteiger partial charge in [-0.2, -0.15) is 4.98 Å². The van der Waals surface area contributed by atoms with Gasteiger partial charge in [0, 0.05) is 17.5 Å². The molecule has 0 aliphatic carbocycles. The zero-order valence-electron chi connectivity index (χ0n) is 11.1. The summed E-state index contributed by atoms with van der Waals surface area (Å²) in [6, 6.07) is 3.28. The third-order valence-corrected chi connectivity index (χ3v) is 3.56. The lowest BCUT2D eigenvalue weighted by molar-refractivity contribution is 0.0690. The second-order valence-electron chi connectivity index (χ2n) is 4.18. The van der Waals surface area contributed by atoms with Crippen LogP contribution in [0.25, 0.3) is 0 Å². The largest absolute Gasteiger partial charge is 0.477 e. The van der Waals surface area contributed by atoms with Crippen LogP contribution in [-0.2, 0) is 12.2 Å². The minimum Gasteiger partial charge on any atom is -0.477 e. The third-order valence-electron chi connectivity index (χ3n) is 2.58. The smallest absolute Gasteiger partial charge is 0.354 e. The Morgan fingerprint density at radius 2 is 2.35 bits per heavy atom. The first-order valence-electron chi connectivity index (χ1n) is 6.32. The SMILES string of the molecule is CCCCc1noc(CSc2ccnc(C(=O)O)c2)n1. The molecule has 0 spiro atoms. The number of pyridine rings is 1. The van der Waals surface area contributed by atoms with E-state index in [1.165, 1.54) is 24.0 Å². The fourth-order valence-corrected chi connectivity index (χ4v) is 2.31. The molecule has 0 aliphatic rings. The molecule has 0 atom stereocenters. The molecule has 2 aromatic heterocycles. The first-order chi connectivity index (χ1) is 9.69. The second kappa shape index (κ2) is 7.04. The molecule has 6 nitrogen and oxygen atoms in total. The van der Waals surface area contributed by atoms with Crippen molar-refractivity contribution >= 4 is 17.7 Å². The van der Waals surface area contributed by atoms with Crippen molar-refractivity contribution in [2.75, 3.05) is 0 Å². The molecule has 106 valence electrons. The van der Waals surface area contributed by atoms with Gasteiger partial charge in [0.05, 0.1) is 5.75 Å². The van der Waals surface area contributed by atoms with Crippen molar-refractivity contribution < 1.29 is 14.4 Å². The van der Waals surface area contributed by atoms with Gasteiger partial charge in [0.25, 0.3) is 0 Å². The van der Waals surface area contributed by atoms with Crippen LogP contribution < -0.4 is 0 Å². The number of hydrogen-bond donors (Lipinski definition) is 1. The number of aromatic nitrogens is 3. The normalized spacial score (nSPS) is 10.7. The summed E-state index contributed by atoms with van der Waals surface area (Å²) in [4.78, 5) is 19.7. The number of carboxylic acids is 1. The summed E-state index contributed by atoms with van der Waals surface area (Å²) in [6.07, 6.45) is 4.43. The van der Waals surface area contributed by atoms with Crippen LogP contribution in [0.15, 0.2) is 27.7 Å². The van der Waals surface area contributed by atoms with Crippen LogP contribution in [0.4, 0.5) is 0 Å². The zero-order chi connectivity index (χ0) is 14.4. The fourth-order valence-electron chi connectivity index (χ4n) is 1.55. The van der Waals surface area contributed by atoms with Crippen molar-refractivity contribution in [1.82, 2.24) is 15.1 Å². The minimum absolute atomic E-state index is 0.0316. The number of rotatable bonds is 7. The maximum absolute atomic E-state index is 10.8. The molecule has 2 aromatic rings. The van der Waals surface area contributed by atoms with E-state index in [-0.39, 0.29) is 5.69 Å². The number of aryl methyl sites for hydroxylation is 1. The van der Waals surface area contributed by atoms with Crippen LogP contribution in [0.5, 0.6) is 0 Å². The van der Waals surface area contributed by atoms with E-state index < -0.39 is 5.97 Å². The lowest BCUT2D eigenvalue weighted by Gasteiger charge is -1.99. The molecule has 0 aromatic carbocycles. The van der Waals surface area contributed by atoms with E-state index in [0.717, 1.165) is 30.0 Å². The number of aromatic carboxylic acids is 1.